The molecule has 2 fully saturated rings. The first kappa shape index (κ1) is 13.0. The Labute approximate surface area is 114 Å². The highest BCUT2D eigenvalue weighted by atomic mass is 15.3. The molecule has 5 heteroatoms. The van der Waals surface area contributed by atoms with Crippen molar-refractivity contribution < 1.29 is 0 Å². The average molecular weight is 261 g/mol. The number of rotatable bonds is 3. The lowest BCUT2D eigenvalue weighted by molar-refractivity contribution is 0.151. The summed E-state index contributed by atoms with van der Waals surface area (Å²) in [6.45, 7) is 5.64. The highest BCUT2D eigenvalue weighted by Gasteiger charge is 2.29. The fourth-order valence-electron chi connectivity index (χ4n) is 3.18. The Kier molecular flexibility index (Phi) is 4.06. The van der Waals surface area contributed by atoms with E-state index in [0.29, 0.717) is 12.1 Å². The Bertz CT molecular complexity index is 388. The van der Waals surface area contributed by atoms with Crippen molar-refractivity contribution >= 4 is 0 Å². The minimum Gasteiger partial charge on any atom is -0.328 e. The third kappa shape index (κ3) is 3.29. The summed E-state index contributed by atoms with van der Waals surface area (Å²) in [5.41, 5.74) is 7.10. The predicted octanol–water partition coefficient (Wildman–Crippen LogP) is 0.474. The number of likely N-dealkylation sites (tertiary alicyclic amines) is 2. The van der Waals surface area contributed by atoms with Gasteiger partial charge in [0, 0.05) is 37.9 Å². The second-order valence-corrected chi connectivity index (χ2v) is 5.75. The van der Waals surface area contributed by atoms with Gasteiger partial charge in [0.25, 0.3) is 0 Å². The van der Waals surface area contributed by atoms with Gasteiger partial charge in [-0.2, -0.15) is 0 Å². The summed E-state index contributed by atoms with van der Waals surface area (Å²) >= 11 is 0. The van der Waals surface area contributed by atoms with E-state index in [4.69, 9.17) is 5.73 Å². The van der Waals surface area contributed by atoms with Gasteiger partial charge < -0.3 is 5.73 Å². The van der Waals surface area contributed by atoms with E-state index in [1.807, 2.05) is 12.3 Å². The number of hydrogen-bond donors (Lipinski definition) is 1. The fraction of sp³-hybridized carbons (Fsp3) is 0.714. The van der Waals surface area contributed by atoms with Crippen LogP contribution in [0, 0.1) is 0 Å². The van der Waals surface area contributed by atoms with Crippen LogP contribution in [0.5, 0.6) is 0 Å². The summed E-state index contributed by atoms with van der Waals surface area (Å²) in [4.78, 5) is 13.4. The molecule has 5 nitrogen and oxygen atoms in total. The minimum atomic E-state index is 0.426. The van der Waals surface area contributed by atoms with Gasteiger partial charge in [0.1, 0.15) is 6.33 Å². The topological polar surface area (TPSA) is 58.3 Å². The molecule has 1 unspecified atom stereocenters. The van der Waals surface area contributed by atoms with Crippen molar-refractivity contribution in [2.45, 2.75) is 37.9 Å². The SMILES string of the molecule is NC1CCN(C2CCN(Cc3ccncn3)C2)CC1. The van der Waals surface area contributed by atoms with Crippen molar-refractivity contribution in [2.75, 3.05) is 26.2 Å². The van der Waals surface area contributed by atoms with Gasteiger partial charge in [-0.1, -0.05) is 0 Å². The molecule has 0 aromatic carbocycles. The monoisotopic (exact) mass is 261 g/mol. The summed E-state index contributed by atoms with van der Waals surface area (Å²) in [7, 11) is 0. The molecule has 2 aliphatic heterocycles. The van der Waals surface area contributed by atoms with Crippen LogP contribution >= 0.6 is 0 Å². The Morgan fingerprint density at radius 1 is 1.21 bits per heavy atom. The van der Waals surface area contributed by atoms with Crippen LogP contribution in [0.4, 0.5) is 0 Å². The summed E-state index contributed by atoms with van der Waals surface area (Å²) in [6.07, 6.45) is 7.04. The lowest BCUT2D eigenvalue weighted by atomic mass is 10.0. The van der Waals surface area contributed by atoms with E-state index < -0.39 is 0 Å². The second kappa shape index (κ2) is 5.94. The molecule has 3 rings (SSSR count). The molecule has 0 aliphatic carbocycles. The number of piperidine rings is 1. The first-order valence-electron chi connectivity index (χ1n) is 7.28. The number of nitrogens with two attached hydrogens (primary N) is 1. The van der Waals surface area contributed by atoms with Crippen molar-refractivity contribution in [3.63, 3.8) is 0 Å². The van der Waals surface area contributed by atoms with Crippen LogP contribution in [0.3, 0.4) is 0 Å². The molecule has 0 saturated carbocycles. The molecule has 0 amide bonds. The van der Waals surface area contributed by atoms with Crippen molar-refractivity contribution in [3.8, 4) is 0 Å². The van der Waals surface area contributed by atoms with Crippen LogP contribution in [0.1, 0.15) is 25.0 Å². The maximum Gasteiger partial charge on any atom is 0.115 e. The first-order valence-corrected chi connectivity index (χ1v) is 7.28. The molecule has 3 heterocycles. The normalized spacial score (nSPS) is 26.9. The molecule has 104 valence electrons. The Balaban J connectivity index is 1.50. The van der Waals surface area contributed by atoms with E-state index in [1.165, 1.54) is 32.6 Å². The quantitative estimate of drug-likeness (QED) is 0.857. The summed E-state index contributed by atoms with van der Waals surface area (Å²) in [5, 5.41) is 0. The van der Waals surface area contributed by atoms with Gasteiger partial charge in [-0.05, 0) is 38.4 Å². The Morgan fingerprint density at radius 3 is 2.79 bits per heavy atom. The fourth-order valence-corrected chi connectivity index (χ4v) is 3.18. The largest absolute Gasteiger partial charge is 0.328 e. The predicted molar refractivity (Wildman–Crippen MR) is 74.5 cm³/mol. The molecule has 1 aromatic rings. The van der Waals surface area contributed by atoms with Gasteiger partial charge in [-0.15, -0.1) is 0 Å². The standard InChI is InChI=1S/C14H23N5/c15-12-2-7-19(8-3-12)14-4-6-18(10-14)9-13-1-5-16-11-17-13/h1,5,11-12,14H,2-4,6-10,15H2. The van der Waals surface area contributed by atoms with E-state index in [2.05, 4.69) is 19.8 Å². The molecule has 2 saturated heterocycles. The van der Waals surface area contributed by atoms with Gasteiger partial charge >= 0.3 is 0 Å². The summed E-state index contributed by atoms with van der Waals surface area (Å²) < 4.78 is 0. The van der Waals surface area contributed by atoms with Crippen molar-refractivity contribution in [1.29, 1.82) is 0 Å². The highest BCUT2D eigenvalue weighted by molar-refractivity contribution is 4.99. The molecule has 19 heavy (non-hydrogen) atoms. The van der Waals surface area contributed by atoms with E-state index >= 15 is 0 Å². The van der Waals surface area contributed by atoms with Gasteiger partial charge in [0.05, 0.1) is 5.69 Å². The molecule has 1 aromatic heterocycles. The van der Waals surface area contributed by atoms with E-state index in [1.54, 1.807) is 6.33 Å². The highest BCUT2D eigenvalue weighted by Crippen LogP contribution is 2.20. The van der Waals surface area contributed by atoms with Crippen molar-refractivity contribution in [2.24, 2.45) is 5.73 Å². The Morgan fingerprint density at radius 2 is 2.05 bits per heavy atom. The number of hydrogen-bond acceptors (Lipinski definition) is 5. The molecule has 0 radical (unpaired) electrons. The van der Waals surface area contributed by atoms with Crippen LogP contribution in [0.25, 0.3) is 0 Å². The molecule has 1 atom stereocenters. The first-order chi connectivity index (χ1) is 9.31. The van der Waals surface area contributed by atoms with Gasteiger partial charge in [0.15, 0.2) is 0 Å². The third-order valence-corrected chi connectivity index (χ3v) is 4.37. The zero-order chi connectivity index (χ0) is 13.1. The van der Waals surface area contributed by atoms with E-state index in [-0.39, 0.29) is 0 Å². The zero-order valence-corrected chi connectivity index (χ0v) is 11.4. The molecule has 0 bridgehead atoms. The van der Waals surface area contributed by atoms with E-state index in [9.17, 15) is 0 Å². The number of aromatic nitrogens is 2. The second-order valence-electron chi connectivity index (χ2n) is 5.75. The molecule has 2 N–H and O–H groups in total. The van der Waals surface area contributed by atoms with E-state index in [0.717, 1.165) is 25.1 Å². The van der Waals surface area contributed by atoms with Crippen LogP contribution in [0.2, 0.25) is 0 Å². The van der Waals surface area contributed by atoms with Crippen LogP contribution in [-0.4, -0.2) is 58.0 Å². The van der Waals surface area contributed by atoms with Crippen molar-refractivity contribution in [1.82, 2.24) is 19.8 Å². The maximum absolute atomic E-state index is 5.97. The summed E-state index contributed by atoms with van der Waals surface area (Å²) in [6, 6.07) is 3.15. The molecule has 0 spiro atoms. The van der Waals surface area contributed by atoms with Crippen LogP contribution < -0.4 is 5.73 Å². The minimum absolute atomic E-state index is 0.426. The zero-order valence-electron chi connectivity index (χ0n) is 11.4. The van der Waals surface area contributed by atoms with Crippen molar-refractivity contribution in [3.05, 3.63) is 24.3 Å². The lowest BCUT2D eigenvalue weighted by Gasteiger charge is -2.34. The summed E-state index contributed by atoms with van der Waals surface area (Å²) in [5.74, 6) is 0. The van der Waals surface area contributed by atoms with Gasteiger partial charge in [0.2, 0.25) is 0 Å². The average Bonchev–Trinajstić information content (AvgIpc) is 2.89. The van der Waals surface area contributed by atoms with Crippen LogP contribution in [-0.2, 0) is 6.54 Å². The number of nitrogens with zero attached hydrogens (tertiary/aromatic N) is 4. The third-order valence-electron chi connectivity index (χ3n) is 4.37. The molecule has 2 aliphatic rings. The smallest absolute Gasteiger partial charge is 0.115 e. The lowest BCUT2D eigenvalue weighted by Crippen LogP contribution is -2.46. The Hall–Kier alpha value is -1.04. The molecular weight excluding hydrogens is 238 g/mol. The maximum atomic E-state index is 5.97. The van der Waals surface area contributed by atoms with Gasteiger partial charge in [-0.3, -0.25) is 9.80 Å². The van der Waals surface area contributed by atoms with Crippen LogP contribution in [0.15, 0.2) is 18.6 Å². The van der Waals surface area contributed by atoms with Gasteiger partial charge in [-0.25, -0.2) is 9.97 Å². The molecular formula is C14H23N5.